The number of nitro benzene ring substituents is 1. The van der Waals surface area contributed by atoms with Crippen LogP contribution in [0, 0.1) is 16.0 Å². The number of hydrogen-bond donors (Lipinski definition) is 1. The maximum atomic E-state index is 12.2. The zero-order chi connectivity index (χ0) is 16.1. The molecule has 6 nitrogen and oxygen atoms in total. The SMILES string of the molecule is C[C@@H]1CCCC[C@H]1NC(=O)[C@@H](C)Oc1ccc([N+](=O)[O-])cc1. The van der Waals surface area contributed by atoms with Crippen molar-refractivity contribution in [2.75, 3.05) is 0 Å². The Bertz CT molecular complexity index is 529. The molecule has 3 atom stereocenters. The molecule has 2 rings (SSSR count). The first-order valence-electron chi connectivity index (χ1n) is 7.69. The van der Waals surface area contributed by atoms with E-state index >= 15 is 0 Å². The molecule has 1 N–H and O–H groups in total. The van der Waals surface area contributed by atoms with Crippen molar-refractivity contribution < 1.29 is 14.5 Å². The monoisotopic (exact) mass is 306 g/mol. The van der Waals surface area contributed by atoms with Crippen molar-refractivity contribution in [1.82, 2.24) is 5.32 Å². The van der Waals surface area contributed by atoms with Crippen molar-refractivity contribution in [3.63, 3.8) is 0 Å². The van der Waals surface area contributed by atoms with E-state index in [1.807, 2.05) is 0 Å². The minimum absolute atomic E-state index is 0.000449. The molecule has 0 bridgehead atoms. The number of amides is 1. The second kappa shape index (κ2) is 7.24. The molecular formula is C16H22N2O4. The van der Waals surface area contributed by atoms with Gasteiger partial charge in [0.1, 0.15) is 5.75 Å². The van der Waals surface area contributed by atoms with Gasteiger partial charge < -0.3 is 10.1 Å². The van der Waals surface area contributed by atoms with Gasteiger partial charge in [0.05, 0.1) is 4.92 Å². The van der Waals surface area contributed by atoms with E-state index in [4.69, 9.17) is 4.74 Å². The normalized spacial score (nSPS) is 22.6. The highest BCUT2D eigenvalue weighted by molar-refractivity contribution is 5.81. The summed E-state index contributed by atoms with van der Waals surface area (Å²) in [6, 6.07) is 5.95. The van der Waals surface area contributed by atoms with Gasteiger partial charge in [-0.25, -0.2) is 0 Å². The Morgan fingerprint density at radius 1 is 1.32 bits per heavy atom. The van der Waals surface area contributed by atoms with Gasteiger partial charge in [-0.3, -0.25) is 14.9 Å². The number of carbonyl (C=O) groups is 1. The molecule has 120 valence electrons. The third-order valence-corrected chi connectivity index (χ3v) is 4.17. The van der Waals surface area contributed by atoms with Crippen molar-refractivity contribution in [3.8, 4) is 5.75 Å². The van der Waals surface area contributed by atoms with Crippen molar-refractivity contribution >= 4 is 11.6 Å². The maximum Gasteiger partial charge on any atom is 0.269 e. The quantitative estimate of drug-likeness (QED) is 0.669. The zero-order valence-corrected chi connectivity index (χ0v) is 13.0. The van der Waals surface area contributed by atoms with Gasteiger partial charge in [-0.15, -0.1) is 0 Å². The van der Waals surface area contributed by atoms with Gasteiger partial charge in [-0.1, -0.05) is 19.8 Å². The van der Waals surface area contributed by atoms with Gasteiger partial charge in [0, 0.05) is 18.2 Å². The predicted molar refractivity (Wildman–Crippen MR) is 82.7 cm³/mol. The highest BCUT2D eigenvalue weighted by Crippen LogP contribution is 2.24. The van der Waals surface area contributed by atoms with Crippen LogP contribution in [-0.4, -0.2) is 23.0 Å². The van der Waals surface area contributed by atoms with Gasteiger partial charge in [-0.2, -0.15) is 0 Å². The molecule has 0 saturated heterocycles. The Balaban J connectivity index is 1.89. The molecule has 6 heteroatoms. The van der Waals surface area contributed by atoms with E-state index in [9.17, 15) is 14.9 Å². The minimum atomic E-state index is -0.629. The summed E-state index contributed by atoms with van der Waals surface area (Å²) in [5.74, 6) is 0.798. The number of nitro groups is 1. The molecule has 0 unspecified atom stereocenters. The second-order valence-electron chi connectivity index (χ2n) is 5.89. The highest BCUT2D eigenvalue weighted by atomic mass is 16.6. The molecular weight excluding hydrogens is 284 g/mol. The van der Waals surface area contributed by atoms with E-state index in [2.05, 4.69) is 12.2 Å². The van der Waals surface area contributed by atoms with Crippen molar-refractivity contribution in [1.29, 1.82) is 0 Å². The van der Waals surface area contributed by atoms with Crippen LogP contribution in [0.2, 0.25) is 0 Å². The number of benzene rings is 1. The molecule has 0 radical (unpaired) electrons. The fourth-order valence-electron chi connectivity index (χ4n) is 2.73. The summed E-state index contributed by atoms with van der Waals surface area (Å²) >= 11 is 0. The number of non-ortho nitro benzene ring substituents is 1. The molecule has 1 aliphatic rings. The Labute approximate surface area is 130 Å². The lowest BCUT2D eigenvalue weighted by atomic mass is 9.86. The Hall–Kier alpha value is -2.11. The minimum Gasteiger partial charge on any atom is -0.481 e. The van der Waals surface area contributed by atoms with E-state index in [1.54, 1.807) is 6.92 Å². The fraction of sp³-hybridized carbons (Fsp3) is 0.562. The average molecular weight is 306 g/mol. The van der Waals surface area contributed by atoms with E-state index in [-0.39, 0.29) is 17.6 Å². The number of nitrogens with zero attached hydrogens (tertiary/aromatic N) is 1. The first-order chi connectivity index (χ1) is 10.5. The summed E-state index contributed by atoms with van der Waals surface area (Å²) in [5.41, 5.74) is 0.000449. The van der Waals surface area contributed by atoms with Crippen molar-refractivity contribution in [2.24, 2.45) is 5.92 Å². The number of nitrogens with one attached hydrogen (secondary N) is 1. The molecule has 22 heavy (non-hydrogen) atoms. The van der Waals surface area contributed by atoms with Crippen LogP contribution >= 0.6 is 0 Å². The van der Waals surface area contributed by atoms with Crippen LogP contribution in [0.5, 0.6) is 5.75 Å². The van der Waals surface area contributed by atoms with Gasteiger partial charge in [0.25, 0.3) is 11.6 Å². The lowest BCUT2D eigenvalue weighted by Gasteiger charge is -2.30. The molecule has 1 aliphatic carbocycles. The largest absolute Gasteiger partial charge is 0.481 e. The highest BCUT2D eigenvalue weighted by Gasteiger charge is 2.25. The summed E-state index contributed by atoms with van der Waals surface area (Å²) in [4.78, 5) is 22.3. The topological polar surface area (TPSA) is 81.5 Å². The third kappa shape index (κ3) is 4.19. The molecule has 1 fully saturated rings. The van der Waals surface area contributed by atoms with Gasteiger partial charge >= 0.3 is 0 Å². The summed E-state index contributed by atoms with van der Waals surface area (Å²) in [5, 5.41) is 13.6. The lowest BCUT2D eigenvalue weighted by Crippen LogP contribution is -2.46. The molecule has 0 spiro atoms. The average Bonchev–Trinajstić information content (AvgIpc) is 2.50. The van der Waals surface area contributed by atoms with E-state index in [1.165, 1.54) is 30.7 Å². The Kier molecular flexibility index (Phi) is 5.35. The molecule has 0 aromatic heterocycles. The summed E-state index contributed by atoms with van der Waals surface area (Å²) in [6.07, 6.45) is 3.89. The van der Waals surface area contributed by atoms with Gasteiger partial charge in [0.15, 0.2) is 6.10 Å². The predicted octanol–water partition coefficient (Wildman–Crippen LogP) is 3.06. The van der Waals surface area contributed by atoms with Crippen LogP contribution < -0.4 is 10.1 Å². The number of carbonyl (C=O) groups excluding carboxylic acids is 1. The van der Waals surface area contributed by atoms with E-state index < -0.39 is 11.0 Å². The third-order valence-electron chi connectivity index (χ3n) is 4.17. The van der Waals surface area contributed by atoms with E-state index in [0.717, 1.165) is 19.3 Å². The molecule has 1 aromatic rings. The van der Waals surface area contributed by atoms with Crippen LogP contribution in [0.25, 0.3) is 0 Å². The second-order valence-corrected chi connectivity index (χ2v) is 5.89. The molecule has 1 saturated carbocycles. The van der Waals surface area contributed by atoms with E-state index in [0.29, 0.717) is 11.7 Å². The zero-order valence-electron chi connectivity index (χ0n) is 13.0. The summed E-state index contributed by atoms with van der Waals surface area (Å²) < 4.78 is 5.55. The number of rotatable bonds is 5. The summed E-state index contributed by atoms with van der Waals surface area (Å²) in [7, 11) is 0. The number of ether oxygens (including phenoxy) is 1. The van der Waals surface area contributed by atoms with Crippen LogP contribution in [0.1, 0.15) is 39.5 Å². The number of hydrogen-bond acceptors (Lipinski definition) is 4. The van der Waals surface area contributed by atoms with Crippen LogP contribution in [0.3, 0.4) is 0 Å². The molecule has 1 amide bonds. The van der Waals surface area contributed by atoms with Crippen molar-refractivity contribution in [3.05, 3.63) is 34.4 Å². The van der Waals surface area contributed by atoms with Crippen molar-refractivity contribution in [2.45, 2.75) is 51.7 Å². The van der Waals surface area contributed by atoms with Crippen LogP contribution in [0.4, 0.5) is 5.69 Å². The van der Waals surface area contributed by atoms with Gasteiger partial charge in [0.2, 0.25) is 0 Å². The molecule has 1 aromatic carbocycles. The standard InChI is InChI=1S/C16H22N2O4/c1-11-5-3-4-6-15(11)17-16(19)12(2)22-14-9-7-13(8-10-14)18(20)21/h7-12,15H,3-6H2,1-2H3,(H,17,19)/t11-,12-,15-/m1/s1. The van der Waals surface area contributed by atoms with Crippen LogP contribution in [-0.2, 0) is 4.79 Å². The molecule has 0 heterocycles. The maximum absolute atomic E-state index is 12.2. The lowest BCUT2D eigenvalue weighted by molar-refractivity contribution is -0.384. The van der Waals surface area contributed by atoms with Crippen LogP contribution in [0.15, 0.2) is 24.3 Å². The first-order valence-corrected chi connectivity index (χ1v) is 7.69. The smallest absolute Gasteiger partial charge is 0.269 e. The first kappa shape index (κ1) is 16.3. The molecule has 0 aliphatic heterocycles. The fourth-order valence-corrected chi connectivity index (χ4v) is 2.73. The van der Waals surface area contributed by atoms with Gasteiger partial charge in [-0.05, 0) is 37.8 Å². The Morgan fingerprint density at radius 2 is 1.95 bits per heavy atom. The summed E-state index contributed by atoms with van der Waals surface area (Å²) in [6.45, 7) is 3.84. The Morgan fingerprint density at radius 3 is 2.55 bits per heavy atom.